The average Bonchev–Trinajstić information content (AvgIpc) is 2.49. The fraction of sp³-hybridized carbons (Fsp3) is 0.500. The van der Waals surface area contributed by atoms with Gasteiger partial charge >= 0.3 is 0 Å². The maximum Gasteiger partial charge on any atom is 0.128 e. The van der Waals surface area contributed by atoms with Gasteiger partial charge in [-0.05, 0) is 19.4 Å². The smallest absolute Gasteiger partial charge is 0.128 e. The number of benzene rings is 1. The third-order valence-corrected chi connectivity index (χ3v) is 2.72. The fourth-order valence-corrected chi connectivity index (χ4v) is 2.03. The summed E-state index contributed by atoms with van der Waals surface area (Å²) in [5.41, 5.74) is 7.75. The molecule has 1 aromatic rings. The lowest BCUT2D eigenvalue weighted by Crippen LogP contribution is -2.25. The maximum absolute atomic E-state index is 9.07. The molecule has 3 heteroatoms. The monoisotopic (exact) mass is 207 g/mol. The molecular weight excluding hydrogens is 190 g/mol. The Bertz CT molecular complexity index is 374. The lowest BCUT2D eigenvalue weighted by Gasteiger charge is -2.19. The zero-order valence-electron chi connectivity index (χ0n) is 9.16. The molecule has 0 aliphatic carbocycles. The second kappa shape index (κ2) is 3.51. The van der Waals surface area contributed by atoms with Crippen LogP contribution in [0.25, 0.3) is 0 Å². The lowest BCUT2D eigenvalue weighted by atomic mass is 9.99. The van der Waals surface area contributed by atoms with E-state index in [-0.39, 0.29) is 18.2 Å². The van der Waals surface area contributed by atoms with Crippen LogP contribution in [0.5, 0.6) is 5.75 Å². The van der Waals surface area contributed by atoms with E-state index >= 15 is 0 Å². The van der Waals surface area contributed by atoms with Crippen LogP contribution in [0, 0.1) is 0 Å². The average molecular weight is 207 g/mol. The first-order valence-electron chi connectivity index (χ1n) is 5.21. The molecule has 15 heavy (non-hydrogen) atoms. The summed E-state index contributed by atoms with van der Waals surface area (Å²) in [5.74, 6) is 0.865. The van der Waals surface area contributed by atoms with E-state index in [0.29, 0.717) is 0 Å². The number of nitrogens with two attached hydrogens (primary N) is 1. The van der Waals surface area contributed by atoms with Gasteiger partial charge in [0.15, 0.2) is 0 Å². The molecule has 1 aromatic carbocycles. The molecule has 1 heterocycles. The minimum atomic E-state index is -0.353. The number of fused-ring (bicyclic) bond motifs is 1. The van der Waals surface area contributed by atoms with Gasteiger partial charge in [0, 0.05) is 12.0 Å². The minimum Gasteiger partial charge on any atom is -0.487 e. The molecule has 1 unspecified atom stereocenters. The molecule has 1 aliphatic heterocycles. The maximum atomic E-state index is 9.07. The van der Waals surface area contributed by atoms with Crippen LogP contribution >= 0.6 is 0 Å². The molecule has 0 radical (unpaired) electrons. The number of hydrogen-bond acceptors (Lipinski definition) is 3. The summed E-state index contributed by atoms with van der Waals surface area (Å²) < 4.78 is 5.86. The van der Waals surface area contributed by atoms with Crippen molar-refractivity contribution >= 4 is 0 Å². The second-order valence-corrected chi connectivity index (χ2v) is 4.66. The number of ether oxygens (including phenoxy) is 1. The summed E-state index contributed by atoms with van der Waals surface area (Å²) in [4.78, 5) is 0. The first-order valence-corrected chi connectivity index (χ1v) is 5.21. The van der Waals surface area contributed by atoms with Crippen LogP contribution in [0.15, 0.2) is 18.2 Å². The van der Waals surface area contributed by atoms with Crippen molar-refractivity contribution in [3.05, 3.63) is 29.3 Å². The summed E-state index contributed by atoms with van der Waals surface area (Å²) in [6.07, 6.45) is 0.897. The molecule has 2 rings (SSSR count). The van der Waals surface area contributed by atoms with Crippen LogP contribution in [0.4, 0.5) is 0 Å². The van der Waals surface area contributed by atoms with Gasteiger partial charge in [0.25, 0.3) is 0 Å². The van der Waals surface area contributed by atoms with Crippen LogP contribution in [0.1, 0.15) is 31.0 Å². The van der Waals surface area contributed by atoms with Gasteiger partial charge in [-0.15, -0.1) is 0 Å². The molecule has 0 amide bonds. The third kappa shape index (κ3) is 1.85. The summed E-state index contributed by atoms with van der Waals surface area (Å²) in [7, 11) is 0. The standard InChI is InChI=1S/C12H17NO2/c1-12(2)6-8-4-3-5-9(10(13)7-14)11(8)15-12/h3-5,10,14H,6-7,13H2,1-2H3. The van der Waals surface area contributed by atoms with E-state index < -0.39 is 0 Å². The van der Waals surface area contributed by atoms with E-state index in [4.69, 9.17) is 15.6 Å². The number of aliphatic hydroxyl groups excluding tert-OH is 1. The summed E-state index contributed by atoms with van der Waals surface area (Å²) >= 11 is 0. The van der Waals surface area contributed by atoms with E-state index in [1.165, 1.54) is 5.56 Å². The van der Waals surface area contributed by atoms with Crippen molar-refractivity contribution < 1.29 is 9.84 Å². The summed E-state index contributed by atoms with van der Waals surface area (Å²) in [6, 6.07) is 5.58. The van der Waals surface area contributed by atoms with Gasteiger partial charge in [0.1, 0.15) is 11.4 Å². The number of rotatable bonds is 2. The van der Waals surface area contributed by atoms with E-state index in [9.17, 15) is 0 Å². The SMILES string of the molecule is CC1(C)Cc2cccc(C(N)CO)c2O1. The quantitative estimate of drug-likeness (QED) is 0.770. The molecule has 0 aromatic heterocycles. The van der Waals surface area contributed by atoms with Gasteiger partial charge in [0.2, 0.25) is 0 Å². The van der Waals surface area contributed by atoms with Crippen molar-refractivity contribution in [1.82, 2.24) is 0 Å². The van der Waals surface area contributed by atoms with Gasteiger partial charge in [0.05, 0.1) is 12.6 Å². The molecule has 82 valence electrons. The largest absolute Gasteiger partial charge is 0.487 e. The molecule has 0 bridgehead atoms. The molecule has 3 nitrogen and oxygen atoms in total. The number of hydrogen-bond donors (Lipinski definition) is 2. The predicted octanol–water partition coefficient (Wildman–Crippen LogP) is 1.39. The molecule has 1 aliphatic rings. The van der Waals surface area contributed by atoms with E-state index in [1.54, 1.807) is 0 Å². The number of para-hydroxylation sites is 1. The van der Waals surface area contributed by atoms with Gasteiger partial charge < -0.3 is 15.6 Å². The molecule has 0 spiro atoms. The molecular formula is C12H17NO2. The highest BCUT2D eigenvalue weighted by Crippen LogP contribution is 2.39. The van der Waals surface area contributed by atoms with Gasteiger partial charge in [-0.25, -0.2) is 0 Å². The highest BCUT2D eigenvalue weighted by Gasteiger charge is 2.32. The Hall–Kier alpha value is -1.06. The van der Waals surface area contributed by atoms with Crippen molar-refractivity contribution in [2.75, 3.05) is 6.61 Å². The van der Waals surface area contributed by atoms with Gasteiger partial charge in [-0.1, -0.05) is 18.2 Å². The van der Waals surface area contributed by atoms with Gasteiger partial charge in [-0.3, -0.25) is 0 Å². The Morgan fingerprint density at radius 3 is 2.93 bits per heavy atom. The van der Waals surface area contributed by atoms with E-state index in [2.05, 4.69) is 19.9 Å². The third-order valence-electron chi connectivity index (χ3n) is 2.72. The van der Waals surface area contributed by atoms with Crippen molar-refractivity contribution in [3.63, 3.8) is 0 Å². The van der Waals surface area contributed by atoms with Crippen LogP contribution in [0.3, 0.4) is 0 Å². The lowest BCUT2D eigenvalue weighted by molar-refractivity contribution is 0.135. The summed E-state index contributed by atoms with van der Waals surface area (Å²) in [5, 5.41) is 9.07. The Morgan fingerprint density at radius 1 is 1.53 bits per heavy atom. The first kappa shape index (κ1) is 10.5. The van der Waals surface area contributed by atoms with Crippen molar-refractivity contribution in [3.8, 4) is 5.75 Å². The summed E-state index contributed by atoms with van der Waals surface area (Å²) in [6.45, 7) is 4.06. The normalized spacial score (nSPS) is 19.5. The highest BCUT2D eigenvalue weighted by atomic mass is 16.5. The molecule has 0 saturated carbocycles. The van der Waals surface area contributed by atoms with Crippen LogP contribution in [-0.4, -0.2) is 17.3 Å². The van der Waals surface area contributed by atoms with Crippen LogP contribution in [-0.2, 0) is 6.42 Å². The molecule has 3 N–H and O–H groups in total. The Labute approximate surface area is 89.9 Å². The van der Waals surface area contributed by atoms with Crippen LogP contribution in [0.2, 0.25) is 0 Å². The van der Waals surface area contributed by atoms with E-state index in [1.807, 2.05) is 12.1 Å². The van der Waals surface area contributed by atoms with Crippen molar-refractivity contribution in [2.45, 2.75) is 31.9 Å². The predicted molar refractivity (Wildman–Crippen MR) is 58.9 cm³/mol. The van der Waals surface area contributed by atoms with Crippen molar-refractivity contribution in [2.24, 2.45) is 5.73 Å². The topological polar surface area (TPSA) is 55.5 Å². The Kier molecular flexibility index (Phi) is 2.44. The van der Waals surface area contributed by atoms with E-state index in [0.717, 1.165) is 17.7 Å². The fourth-order valence-electron chi connectivity index (χ4n) is 2.03. The van der Waals surface area contributed by atoms with Crippen molar-refractivity contribution in [1.29, 1.82) is 0 Å². The zero-order valence-corrected chi connectivity index (χ0v) is 9.16. The van der Waals surface area contributed by atoms with Crippen LogP contribution < -0.4 is 10.5 Å². The Morgan fingerprint density at radius 2 is 2.27 bits per heavy atom. The first-order chi connectivity index (χ1) is 7.03. The van der Waals surface area contributed by atoms with Gasteiger partial charge in [-0.2, -0.15) is 0 Å². The minimum absolute atomic E-state index is 0.0553. The Balaban J connectivity index is 2.41. The molecule has 0 fully saturated rings. The molecule has 0 saturated heterocycles. The molecule has 1 atom stereocenters. The number of aliphatic hydroxyl groups is 1. The second-order valence-electron chi connectivity index (χ2n) is 4.66. The highest BCUT2D eigenvalue weighted by molar-refractivity contribution is 5.47. The zero-order chi connectivity index (χ0) is 11.1.